The summed E-state index contributed by atoms with van der Waals surface area (Å²) in [6.07, 6.45) is 0. The van der Waals surface area contributed by atoms with E-state index in [-0.39, 0.29) is 0 Å². The van der Waals surface area contributed by atoms with Gasteiger partial charge in [0.15, 0.2) is 0 Å². The summed E-state index contributed by atoms with van der Waals surface area (Å²) >= 11 is 6.13. The van der Waals surface area contributed by atoms with E-state index in [0.29, 0.717) is 32.7 Å². The lowest BCUT2D eigenvalue weighted by Gasteiger charge is -2.21. The van der Waals surface area contributed by atoms with Gasteiger partial charge in [0.2, 0.25) is 0 Å². The van der Waals surface area contributed by atoms with Gasteiger partial charge in [-0.1, -0.05) is 41.9 Å². The van der Waals surface area contributed by atoms with E-state index < -0.39 is 11.3 Å². The minimum absolute atomic E-state index is 0.303. The van der Waals surface area contributed by atoms with Gasteiger partial charge in [-0.2, -0.15) is 0 Å². The summed E-state index contributed by atoms with van der Waals surface area (Å²) in [7, 11) is 0. The fraction of sp³-hybridized carbons (Fsp3) is 0.143. The van der Waals surface area contributed by atoms with Crippen LogP contribution in [0.3, 0.4) is 0 Å². The lowest BCUT2D eigenvalue weighted by molar-refractivity contribution is 0.556. The topological polar surface area (TPSA) is 63.7 Å². The third-order valence-corrected chi connectivity index (χ3v) is 6.30. The van der Waals surface area contributed by atoms with Gasteiger partial charge in [0.1, 0.15) is 11.2 Å². The zero-order valence-electron chi connectivity index (χ0n) is 18.8. The van der Waals surface area contributed by atoms with Crippen LogP contribution in [0.25, 0.3) is 44.2 Å². The lowest BCUT2D eigenvalue weighted by Crippen LogP contribution is -2.21. The van der Waals surface area contributed by atoms with Gasteiger partial charge in [0.25, 0.3) is 0 Å². The minimum atomic E-state index is -0.515. The van der Waals surface area contributed by atoms with Crippen LogP contribution in [0.4, 0.5) is 5.69 Å². The molecule has 0 bridgehead atoms. The van der Waals surface area contributed by atoms with E-state index in [0.717, 1.165) is 35.3 Å². The van der Waals surface area contributed by atoms with Crippen LogP contribution in [-0.2, 0) is 0 Å². The van der Waals surface area contributed by atoms with E-state index in [1.54, 1.807) is 30.3 Å². The number of nitrogens with zero attached hydrogens (tertiary/aromatic N) is 1. The van der Waals surface area contributed by atoms with Crippen molar-refractivity contribution < 1.29 is 8.83 Å². The molecule has 2 aromatic heterocycles. The van der Waals surface area contributed by atoms with Gasteiger partial charge in [0.05, 0.1) is 5.56 Å². The van der Waals surface area contributed by atoms with Crippen LogP contribution in [0.5, 0.6) is 0 Å². The van der Waals surface area contributed by atoms with Crippen molar-refractivity contribution in [1.82, 2.24) is 0 Å². The molecule has 0 fully saturated rings. The average molecular weight is 472 g/mol. The SMILES string of the molecule is CCN(CC)c1ccc(-c2cc(=O)oc3c(-c4cc5cc(Cl)ccc5oc4=O)cccc23)cc1. The van der Waals surface area contributed by atoms with E-state index in [9.17, 15) is 9.59 Å². The molecule has 0 N–H and O–H groups in total. The Morgan fingerprint density at radius 2 is 1.56 bits per heavy atom. The lowest BCUT2D eigenvalue weighted by atomic mass is 9.97. The molecule has 0 radical (unpaired) electrons. The summed E-state index contributed by atoms with van der Waals surface area (Å²) in [6, 6.07) is 21.8. The number of fused-ring (bicyclic) bond motifs is 2. The Morgan fingerprint density at radius 1 is 0.794 bits per heavy atom. The maximum Gasteiger partial charge on any atom is 0.344 e. The Kier molecular flexibility index (Phi) is 5.72. The van der Waals surface area contributed by atoms with Crippen molar-refractivity contribution in [3.8, 4) is 22.3 Å². The first-order chi connectivity index (χ1) is 16.5. The first kappa shape index (κ1) is 22.0. The molecule has 0 spiro atoms. The van der Waals surface area contributed by atoms with Gasteiger partial charge in [0, 0.05) is 46.2 Å². The van der Waals surface area contributed by atoms with E-state index in [1.165, 1.54) is 6.07 Å². The molecule has 6 heteroatoms. The van der Waals surface area contributed by atoms with Crippen LogP contribution in [0.15, 0.2) is 91.2 Å². The summed E-state index contributed by atoms with van der Waals surface area (Å²) in [5, 5.41) is 1.95. The van der Waals surface area contributed by atoms with Crippen LogP contribution >= 0.6 is 11.6 Å². The van der Waals surface area contributed by atoms with Gasteiger partial charge >= 0.3 is 11.3 Å². The molecule has 0 aliphatic carbocycles. The molecule has 34 heavy (non-hydrogen) atoms. The molecule has 170 valence electrons. The number of halogens is 1. The number of anilines is 1. The van der Waals surface area contributed by atoms with E-state index >= 15 is 0 Å². The normalized spacial score (nSPS) is 11.3. The smallest absolute Gasteiger partial charge is 0.344 e. The molecule has 5 aromatic rings. The van der Waals surface area contributed by atoms with Crippen LogP contribution in [0.1, 0.15) is 13.8 Å². The van der Waals surface area contributed by atoms with Gasteiger partial charge in [-0.05, 0) is 61.4 Å². The fourth-order valence-corrected chi connectivity index (χ4v) is 4.54. The monoisotopic (exact) mass is 471 g/mol. The van der Waals surface area contributed by atoms with Crippen LogP contribution in [0.2, 0.25) is 5.02 Å². The second-order valence-electron chi connectivity index (χ2n) is 8.01. The molecule has 0 saturated carbocycles. The predicted octanol–water partition coefficient (Wildman–Crippen LogP) is 6.73. The third-order valence-electron chi connectivity index (χ3n) is 6.06. The van der Waals surface area contributed by atoms with Crippen LogP contribution < -0.4 is 16.2 Å². The quantitative estimate of drug-likeness (QED) is 0.266. The first-order valence-corrected chi connectivity index (χ1v) is 11.5. The third kappa shape index (κ3) is 3.88. The summed E-state index contributed by atoms with van der Waals surface area (Å²) in [5.74, 6) is 0. The summed E-state index contributed by atoms with van der Waals surface area (Å²) < 4.78 is 11.1. The number of hydrogen-bond acceptors (Lipinski definition) is 5. The highest BCUT2D eigenvalue weighted by molar-refractivity contribution is 6.31. The Bertz CT molecular complexity index is 1630. The van der Waals surface area contributed by atoms with Gasteiger partial charge in [-0.25, -0.2) is 9.59 Å². The van der Waals surface area contributed by atoms with Gasteiger partial charge < -0.3 is 13.7 Å². The highest BCUT2D eigenvalue weighted by atomic mass is 35.5. The van der Waals surface area contributed by atoms with Gasteiger partial charge in [-0.3, -0.25) is 0 Å². The van der Waals surface area contributed by atoms with Crippen molar-refractivity contribution in [2.24, 2.45) is 0 Å². The second kappa shape index (κ2) is 8.84. The second-order valence-corrected chi connectivity index (χ2v) is 8.45. The van der Waals surface area contributed by atoms with Crippen molar-refractivity contribution in [3.63, 3.8) is 0 Å². The first-order valence-electron chi connectivity index (χ1n) is 11.1. The molecule has 0 amide bonds. The highest BCUT2D eigenvalue weighted by Gasteiger charge is 2.16. The Morgan fingerprint density at radius 3 is 2.29 bits per heavy atom. The maximum atomic E-state index is 12.8. The zero-order valence-corrected chi connectivity index (χ0v) is 19.6. The summed E-state index contributed by atoms with van der Waals surface area (Å²) in [4.78, 5) is 27.7. The number of benzene rings is 3. The molecule has 0 unspecified atom stereocenters. The Hall–Kier alpha value is -3.83. The fourth-order valence-electron chi connectivity index (χ4n) is 4.36. The van der Waals surface area contributed by atoms with Crippen molar-refractivity contribution in [1.29, 1.82) is 0 Å². The van der Waals surface area contributed by atoms with Crippen molar-refractivity contribution in [2.75, 3.05) is 18.0 Å². The highest BCUT2D eigenvalue weighted by Crippen LogP contribution is 2.34. The van der Waals surface area contributed by atoms with Crippen LogP contribution in [0, 0.1) is 0 Å². The number of hydrogen-bond donors (Lipinski definition) is 0. The zero-order chi connectivity index (χ0) is 23.8. The molecule has 0 aliphatic rings. The predicted molar refractivity (Wildman–Crippen MR) is 138 cm³/mol. The molecular formula is C28H22ClNO4. The summed E-state index contributed by atoms with van der Waals surface area (Å²) in [5.41, 5.74) is 3.32. The standard InChI is InChI=1S/C28H22ClNO4/c1-3-30(4-2)20-11-8-17(9-12-20)23-16-26(31)34-27-21(23)6-5-7-22(27)24-15-18-14-19(29)10-13-25(18)33-28(24)32/h5-16H,3-4H2,1-2H3. The van der Waals surface area contributed by atoms with E-state index in [1.807, 2.05) is 36.4 Å². The van der Waals surface area contributed by atoms with Gasteiger partial charge in [-0.15, -0.1) is 0 Å². The number of para-hydroxylation sites is 1. The maximum absolute atomic E-state index is 12.8. The Balaban J connectivity index is 1.71. The molecule has 0 atom stereocenters. The van der Waals surface area contributed by atoms with E-state index in [2.05, 4.69) is 18.7 Å². The molecule has 3 aromatic carbocycles. The molecule has 0 aliphatic heterocycles. The number of rotatable bonds is 5. The molecular weight excluding hydrogens is 450 g/mol. The van der Waals surface area contributed by atoms with E-state index in [4.69, 9.17) is 20.4 Å². The molecule has 2 heterocycles. The minimum Gasteiger partial charge on any atom is -0.422 e. The average Bonchev–Trinajstić information content (AvgIpc) is 2.84. The van der Waals surface area contributed by atoms with Crippen molar-refractivity contribution in [3.05, 3.63) is 98.7 Å². The van der Waals surface area contributed by atoms with Crippen molar-refractivity contribution in [2.45, 2.75) is 13.8 Å². The van der Waals surface area contributed by atoms with Crippen LogP contribution in [-0.4, -0.2) is 13.1 Å². The molecule has 5 rings (SSSR count). The Labute approximate surface area is 200 Å². The van der Waals surface area contributed by atoms with Crippen molar-refractivity contribution >= 4 is 39.2 Å². The summed E-state index contributed by atoms with van der Waals surface area (Å²) in [6.45, 7) is 6.06. The molecule has 0 saturated heterocycles. The molecule has 5 nitrogen and oxygen atoms in total. The largest absolute Gasteiger partial charge is 0.422 e.